The Balaban J connectivity index is 1.12. The van der Waals surface area contributed by atoms with Crippen molar-refractivity contribution in [1.82, 2.24) is 0 Å². The summed E-state index contributed by atoms with van der Waals surface area (Å²) in [6.45, 7) is 13.4. The lowest BCUT2D eigenvalue weighted by molar-refractivity contribution is -0.346. The highest BCUT2D eigenvalue weighted by Crippen LogP contribution is 2.76. The van der Waals surface area contributed by atoms with Gasteiger partial charge in [-0.05, 0) is 118 Å². The predicted octanol–water partition coefficient (Wildman–Crippen LogP) is -0.415. The molecule has 7 aliphatic rings. The quantitative estimate of drug-likeness (QED) is 0.0825. The molecule has 3 saturated heterocycles. The molecule has 65 heavy (non-hydrogen) atoms. The maximum atomic E-state index is 12.7. The molecule has 3 heterocycles. The van der Waals surface area contributed by atoms with Gasteiger partial charge in [-0.1, -0.05) is 39.3 Å². The van der Waals surface area contributed by atoms with Crippen LogP contribution < -0.4 is 0 Å². The third-order valence-electron chi connectivity index (χ3n) is 18.4. The van der Waals surface area contributed by atoms with Gasteiger partial charge >= 0.3 is 0 Å². The predicted molar refractivity (Wildman–Crippen MR) is 229 cm³/mol. The van der Waals surface area contributed by atoms with Crippen LogP contribution in [0.3, 0.4) is 0 Å². The smallest absolute Gasteiger partial charge is 0.187 e. The van der Waals surface area contributed by atoms with Gasteiger partial charge in [-0.15, -0.1) is 0 Å². The molecule has 18 nitrogen and oxygen atoms in total. The standard InChI is InChI=1S/C47H80O18/c1-22(2)9-8-13-46(7,65-42-39(59)36(56)34(54)27(63-42)20-61-40-37(57)32(52)25(51)19-60-40)23-10-14-45(6)31(23)24(50)17-29-44(45,5)15-11-28-43(3,4)30(12-16-47(28,29)21-49)64-41-38(58)35(55)33(53)26(18-48)62-41/h9,23-42,48-59H,8,10-21H2,1-7H3/t23-,24+,25+,26+,27+,28+,29-,30+,31-,32-,33+,34+,35-,36-,37+,38+,39+,40+,41-,42-,44+,45+,46-,47-/m0/s1. The Kier molecular flexibility index (Phi) is 15.4. The Morgan fingerprint density at radius 3 is 1.94 bits per heavy atom. The van der Waals surface area contributed by atoms with Gasteiger partial charge in [0.25, 0.3) is 0 Å². The topological polar surface area (TPSA) is 298 Å². The summed E-state index contributed by atoms with van der Waals surface area (Å²) >= 11 is 0. The molecule has 24 atom stereocenters. The fourth-order valence-electron chi connectivity index (χ4n) is 14.5. The van der Waals surface area contributed by atoms with Gasteiger partial charge in [0.1, 0.15) is 67.1 Å². The summed E-state index contributed by atoms with van der Waals surface area (Å²) in [7, 11) is 0. The van der Waals surface area contributed by atoms with E-state index in [0.717, 1.165) is 24.8 Å². The Morgan fingerprint density at radius 1 is 0.677 bits per heavy atom. The van der Waals surface area contributed by atoms with Crippen LogP contribution in [0.25, 0.3) is 0 Å². The van der Waals surface area contributed by atoms with Crippen LogP contribution in [0.15, 0.2) is 11.6 Å². The van der Waals surface area contributed by atoms with Crippen LogP contribution in [-0.4, -0.2) is 192 Å². The van der Waals surface area contributed by atoms with Crippen LogP contribution in [0.1, 0.15) is 106 Å². The van der Waals surface area contributed by atoms with Gasteiger partial charge in [0.15, 0.2) is 18.9 Å². The number of ether oxygens (including phenoxy) is 6. The first-order chi connectivity index (χ1) is 30.4. The zero-order chi connectivity index (χ0) is 47.8. The van der Waals surface area contributed by atoms with E-state index in [9.17, 15) is 61.3 Å². The zero-order valence-corrected chi connectivity index (χ0v) is 39.1. The van der Waals surface area contributed by atoms with Gasteiger partial charge in [0.2, 0.25) is 0 Å². The van der Waals surface area contributed by atoms with E-state index >= 15 is 0 Å². The zero-order valence-electron chi connectivity index (χ0n) is 39.1. The molecule has 0 radical (unpaired) electrons. The van der Waals surface area contributed by atoms with Gasteiger partial charge in [-0.3, -0.25) is 0 Å². The van der Waals surface area contributed by atoms with Crippen molar-refractivity contribution in [3.63, 3.8) is 0 Å². The van der Waals surface area contributed by atoms with Gasteiger partial charge < -0.3 is 89.7 Å². The summed E-state index contributed by atoms with van der Waals surface area (Å²) in [5, 5.41) is 130. The summed E-state index contributed by atoms with van der Waals surface area (Å²) < 4.78 is 36.4. The molecule has 0 aromatic carbocycles. The average molecular weight is 933 g/mol. The van der Waals surface area contributed by atoms with Gasteiger partial charge in [-0.25, -0.2) is 0 Å². The number of rotatable bonds is 13. The molecule has 0 amide bonds. The van der Waals surface area contributed by atoms with Gasteiger partial charge in [-0.2, -0.15) is 0 Å². The first-order valence-corrected chi connectivity index (χ1v) is 24.0. The maximum absolute atomic E-state index is 12.7. The molecule has 0 spiro atoms. The molecule has 376 valence electrons. The third-order valence-corrected chi connectivity index (χ3v) is 18.4. The highest BCUT2D eigenvalue weighted by molar-refractivity contribution is 5.21. The average Bonchev–Trinajstić information content (AvgIpc) is 3.65. The molecule has 0 aromatic rings. The van der Waals surface area contributed by atoms with E-state index < -0.39 is 133 Å². The van der Waals surface area contributed by atoms with Crippen molar-refractivity contribution >= 4 is 0 Å². The van der Waals surface area contributed by atoms with Crippen LogP contribution in [-0.2, 0) is 28.4 Å². The minimum absolute atomic E-state index is 0.0582. The van der Waals surface area contributed by atoms with E-state index in [2.05, 4.69) is 33.8 Å². The van der Waals surface area contributed by atoms with E-state index in [-0.39, 0.29) is 42.3 Å². The highest BCUT2D eigenvalue weighted by atomic mass is 16.7. The molecule has 4 saturated carbocycles. The van der Waals surface area contributed by atoms with E-state index in [1.165, 1.54) is 0 Å². The SMILES string of the molecule is CC(C)=CCC[C@](C)(O[C@@H]1O[C@H](CO[C@H]2OC[C@@H](O)[C@H](O)[C@H]2O)[C@@H](O)[C@H](O)[C@H]1O)[C@H]1CC[C@]2(C)[C@@H]1[C@H](O)C[C@@H]1[C@]3(CO)CC[C@@H](O[C@@H]4O[C@H](CO)[C@@H](O)[C@H](O)[C@H]4O)C(C)(C)[C@H]3CC[C@]12C. The third kappa shape index (κ3) is 8.83. The summed E-state index contributed by atoms with van der Waals surface area (Å²) in [4.78, 5) is 0. The van der Waals surface area contributed by atoms with Crippen LogP contribution in [0.2, 0.25) is 0 Å². The molecule has 18 heteroatoms. The lowest BCUT2D eigenvalue weighted by atomic mass is 9.34. The molecule has 3 aliphatic heterocycles. The second-order valence-corrected chi connectivity index (χ2v) is 22.4. The fourth-order valence-corrected chi connectivity index (χ4v) is 14.5. The van der Waals surface area contributed by atoms with E-state index in [0.29, 0.717) is 38.5 Å². The van der Waals surface area contributed by atoms with Crippen LogP contribution in [0.4, 0.5) is 0 Å². The summed E-state index contributed by atoms with van der Waals surface area (Å²) in [5.41, 5.74) is -1.85. The van der Waals surface area contributed by atoms with Crippen molar-refractivity contribution in [2.45, 2.75) is 210 Å². The normalized spacial score (nSPS) is 51.9. The van der Waals surface area contributed by atoms with Crippen LogP contribution in [0.5, 0.6) is 0 Å². The molecule has 0 bridgehead atoms. The number of hydrogen-bond acceptors (Lipinski definition) is 18. The van der Waals surface area contributed by atoms with Crippen LogP contribution in [0, 0.1) is 45.3 Å². The Hall–Kier alpha value is -0.980. The number of allylic oxidation sites excluding steroid dienone is 2. The summed E-state index contributed by atoms with van der Waals surface area (Å²) in [5.74, 6) is -0.664. The molecule has 0 aromatic heterocycles. The molecule has 7 rings (SSSR count). The second kappa shape index (κ2) is 19.3. The van der Waals surface area contributed by atoms with Crippen molar-refractivity contribution in [2.24, 2.45) is 45.3 Å². The lowest BCUT2D eigenvalue weighted by Crippen LogP contribution is -2.69. The van der Waals surface area contributed by atoms with Crippen molar-refractivity contribution in [3.8, 4) is 0 Å². The summed E-state index contributed by atoms with van der Waals surface area (Å²) in [6, 6.07) is 0. The first kappa shape index (κ1) is 51.9. The minimum Gasteiger partial charge on any atom is -0.396 e. The summed E-state index contributed by atoms with van der Waals surface area (Å²) in [6.07, 6.45) is -14.1. The largest absolute Gasteiger partial charge is 0.396 e. The van der Waals surface area contributed by atoms with Crippen molar-refractivity contribution in [3.05, 3.63) is 11.6 Å². The number of hydrogen-bond donors (Lipinski definition) is 12. The maximum Gasteiger partial charge on any atom is 0.187 e. The Labute approximate surface area is 382 Å². The van der Waals surface area contributed by atoms with Crippen LogP contribution >= 0.6 is 0 Å². The number of fused-ring (bicyclic) bond motifs is 5. The molecule has 4 aliphatic carbocycles. The molecule has 12 N–H and O–H groups in total. The van der Waals surface area contributed by atoms with Crippen molar-refractivity contribution in [1.29, 1.82) is 0 Å². The Bertz CT molecular complexity index is 1650. The van der Waals surface area contributed by atoms with Crippen molar-refractivity contribution < 1.29 is 89.7 Å². The van der Waals surface area contributed by atoms with Crippen molar-refractivity contribution in [2.75, 3.05) is 26.4 Å². The van der Waals surface area contributed by atoms with Gasteiger partial charge in [0.05, 0.1) is 37.6 Å². The fraction of sp³-hybridized carbons (Fsp3) is 0.957. The first-order valence-electron chi connectivity index (χ1n) is 24.0. The second-order valence-electron chi connectivity index (χ2n) is 22.4. The van der Waals surface area contributed by atoms with E-state index in [1.54, 1.807) is 0 Å². The number of aliphatic hydroxyl groups excluding tert-OH is 12. The molecular weight excluding hydrogens is 852 g/mol. The van der Waals surface area contributed by atoms with Gasteiger partial charge in [0, 0.05) is 12.0 Å². The molecule has 7 fully saturated rings. The Morgan fingerprint density at radius 2 is 1.29 bits per heavy atom. The minimum atomic E-state index is -1.70. The van der Waals surface area contributed by atoms with E-state index in [1.807, 2.05) is 20.8 Å². The monoisotopic (exact) mass is 933 g/mol. The molecule has 0 unspecified atom stereocenters. The van der Waals surface area contributed by atoms with E-state index in [4.69, 9.17) is 28.4 Å². The lowest BCUT2D eigenvalue weighted by Gasteiger charge is -2.71. The molecular formula is C47H80O18. The number of aliphatic hydroxyl groups is 12. The highest BCUT2D eigenvalue weighted by Gasteiger charge is 2.73.